The van der Waals surface area contributed by atoms with Crippen molar-refractivity contribution < 1.29 is 17.9 Å². The van der Waals surface area contributed by atoms with Gasteiger partial charge in [-0.25, -0.2) is 8.42 Å². The van der Waals surface area contributed by atoms with Crippen LogP contribution in [-0.4, -0.2) is 28.0 Å². The second-order valence-corrected chi connectivity index (χ2v) is 9.80. The Morgan fingerprint density at radius 1 is 1.10 bits per heavy atom. The number of rotatable bonds is 7. The van der Waals surface area contributed by atoms with E-state index in [4.69, 9.17) is 16.3 Å². The van der Waals surface area contributed by atoms with E-state index in [0.29, 0.717) is 20.9 Å². The second-order valence-electron chi connectivity index (χ2n) is 6.67. The number of carbonyl (C=O) groups excluding carboxylic acids is 1. The molecule has 0 aliphatic carbocycles. The van der Waals surface area contributed by atoms with E-state index < -0.39 is 22.5 Å². The van der Waals surface area contributed by atoms with E-state index in [1.807, 2.05) is 6.92 Å². The van der Waals surface area contributed by atoms with Crippen molar-refractivity contribution in [3.63, 3.8) is 0 Å². The van der Waals surface area contributed by atoms with Crippen molar-refractivity contribution in [1.82, 2.24) is 0 Å². The van der Waals surface area contributed by atoms with Crippen LogP contribution in [0.5, 0.6) is 5.75 Å². The minimum Gasteiger partial charge on any atom is -0.495 e. The van der Waals surface area contributed by atoms with E-state index in [-0.39, 0.29) is 10.6 Å². The molecule has 0 bridgehead atoms. The number of sulfonamides is 1. The maximum absolute atomic E-state index is 13.5. The van der Waals surface area contributed by atoms with Gasteiger partial charge in [0.1, 0.15) is 12.3 Å². The predicted octanol–water partition coefficient (Wildman–Crippen LogP) is 5.25. The Morgan fingerprint density at radius 3 is 2.42 bits per heavy atom. The summed E-state index contributed by atoms with van der Waals surface area (Å²) in [5.41, 5.74) is 1.63. The van der Waals surface area contributed by atoms with E-state index in [2.05, 4.69) is 21.2 Å². The van der Waals surface area contributed by atoms with Crippen molar-refractivity contribution in [2.75, 3.05) is 23.3 Å². The molecule has 9 heteroatoms. The van der Waals surface area contributed by atoms with Gasteiger partial charge in [-0.3, -0.25) is 9.10 Å². The quantitative estimate of drug-likeness (QED) is 0.459. The molecular weight excluding hydrogens is 504 g/mol. The van der Waals surface area contributed by atoms with Gasteiger partial charge < -0.3 is 10.1 Å². The first-order valence-electron chi connectivity index (χ1n) is 9.19. The fourth-order valence-corrected chi connectivity index (χ4v) is 4.74. The molecule has 0 spiro atoms. The van der Waals surface area contributed by atoms with Gasteiger partial charge >= 0.3 is 0 Å². The zero-order valence-electron chi connectivity index (χ0n) is 16.8. The summed E-state index contributed by atoms with van der Waals surface area (Å²) in [6.45, 7) is 1.41. The molecule has 0 unspecified atom stereocenters. The summed E-state index contributed by atoms with van der Waals surface area (Å²) in [6, 6.07) is 18.0. The number of aryl methyl sites for hydroxylation is 1. The van der Waals surface area contributed by atoms with Gasteiger partial charge in [0.25, 0.3) is 10.0 Å². The molecule has 0 aromatic heterocycles. The number of anilines is 2. The minimum absolute atomic E-state index is 0.0727. The Kier molecular flexibility index (Phi) is 7.25. The fraction of sp³-hybridized carbons (Fsp3) is 0.136. The van der Waals surface area contributed by atoms with Gasteiger partial charge in [0.2, 0.25) is 5.91 Å². The lowest BCUT2D eigenvalue weighted by Gasteiger charge is -2.25. The van der Waals surface area contributed by atoms with Crippen LogP contribution < -0.4 is 14.4 Å². The minimum atomic E-state index is -4.05. The van der Waals surface area contributed by atoms with Crippen LogP contribution in [-0.2, 0) is 14.8 Å². The number of amides is 1. The van der Waals surface area contributed by atoms with E-state index in [0.717, 1.165) is 9.87 Å². The SMILES string of the molecule is COc1ccccc1N(CC(=O)Nc1ccc(Br)c(Cl)c1)S(=O)(=O)c1ccc(C)cc1. The first kappa shape index (κ1) is 23.1. The first-order valence-corrected chi connectivity index (χ1v) is 11.8. The highest BCUT2D eigenvalue weighted by molar-refractivity contribution is 9.10. The molecule has 0 saturated carbocycles. The van der Waals surface area contributed by atoms with Gasteiger partial charge in [-0.15, -0.1) is 0 Å². The maximum Gasteiger partial charge on any atom is 0.264 e. The lowest BCUT2D eigenvalue weighted by Crippen LogP contribution is -2.38. The summed E-state index contributed by atoms with van der Waals surface area (Å²) in [5.74, 6) is -0.197. The molecule has 0 fully saturated rings. The van der Waals surface area contributed by atoms with Gasteiger partial charge in [-0.1, -0.05) is 41.4 Å². The van der Waals surface area contributed by atoms with E-state index in [1.54, 1.807) is 54.6 Å². The summed E-state index contributed by atoms with van der Waals surface area (Å²) in [5, 5.41) is 3.11. The third-order valence-electron chi connectivity index (χ3n) is 4.45. The molecule has 0 aliphatic heterocycles. The molecule has 0 aliphatic rings. The average molecular weight is 524 g/mol. The number of hydrogen-bond acceptors (Lipinski definition) is 4. The molecule has 3 aromatic rings. The lowest BCUT2D eigenvalue weighted by atomic mass is 10.2. The Labute approximate surface area is 195 Å². The normalized spacial score (nSPS) is 11.1. The Morgan fingerprint density at radius 2 is 1.77 bits per heavy atom. The van der Waals surface area contributed by atoms with E-state index >= 15 is 0 Å². The van der Waals surface area contributed by atoms with E-state index in [9.17, 15) is 13.2 Å². The zero-order chi connectivity index (χ0) is 22.6. The van der Waals surface area contributed by atoms with Crippen LogP contribution >= 0.6 is 27.5 Å². The standard InChI is InChI=1S/C22H20BrClN2O4S/c1-15-7-10-17(11-8-15)31(28,29)26(20-5-3-4-6-21(20)30-2)14-22(27)25-16-9-12-18(23)19(24)13-16/h3-13H,14H2,1-2H3,(H,25,27). The van der Waals surface area contributed by atoms with Gasteiger partial charge in [0, 0.05) is 10.2 Å². The third kappa shape index (κ3) is 5.39. The lowest BCUT2D eigenvalue weighted by molar-refractivity contribution is -0.114. The number of nitrogens with one attached hydrogen (secondary N) is 1. The number of ether oxygens (including phenoxy) is 1. The van der Waals surface area contributed by atoms with E-state index in [1.165, 1.54) is 19.2 Å². The highest BCUT2D eigenvalue weighted by Gasteiger charge is 2.29. The molecule has 3 rings (SSSR count). The smallest absolute Gasteiger partial charge is 0.264 e. The number of hydrogen-bond donors (Lipinski definition) is 1. The molecule has 162 valence electrons. The molecule has 0 saturated heterocycles. The summed E-state index contributed by atoms with van der Waals surface area (Å²) < 4.78 is 34.0. The molecule has 1 amide bonds. The van der Waals surface area contributed by atoms with Gasteiger partial charge in [0.05, 0.1) is 22.7 Å². The topological polar surface area (TPSA) is 75.7 Å². The number of methoxy groups -OCH3 is 1. The molecule has 1 N–H and O–H groups in total. The summed E-state index contributed by atoms with van der Waals surface area (Å²) >= 11 is 9.38. The number of para-hydroxylation sites is 2. The van der Waals surface area contributed by atoms with Crippen LogP contribution in [0, 0.1) is 6.92 Å². The van der Waals surface area contributed by atoms with Crippen LogP contribution in [0.25, 0.3) is 0 Å². The van der Waals surface area contributed by atoms with Gasteiger partial charge in [-0.05, 0) is 65.3 Å². The highest BCUT2D eigenvalue weighted by Crippen LogP contribution is 2.32. The second kappa shape index (κ2) is 9.72. The van der Waals surface area contributed by atoms with Crippen molar-refractivity contribution in [2.45, 2.75) is 11.8 Å². The van der Waals surface area contributed by atoms with Crippen LogP contribution in [0.3, 0.4) is 0 Å². The zero-order valence-corrected chi connectivity index (χ0v) is 20.0. The van der Waals surface area contributed by atoms with Crippen LogP contribution in [0.15, 0.2) is 76.1 Å². The molecule has 0 heterocycles. The molecular formula is C22H20BrClN2O4S. The molecule has 31 heavy (non-hydrogen) atoms. The summed E-state index contributed by atoms with van der Waals surface area (Å²) in [4.78, 5) is 12.9. The van der Waals surface area contributed by atoms with Crippen molar-refractivity contribution in [1.29, 1.82) is 0 Å². The fourth-order valence-electron chi connectivity index (χ4n) is 2.88. The number of halogens is 2. The Hall–Kier alpha value is -2.55. The largest absolute Gasteiger partial charge is 0.495 e. The monoisotopic (exact) mass is 522 g/mol. The number of nitrogens with zero attached hydrogens (tertiary/aromatic N) is 1. The number of carbonyl (C=O) groups is 1. The predicted molar refractivity (Wildman–Crippen MR) is 126 cm³/mol. The highest BCUT2D eigenvalue weighted by atomic mass is 79.9. The van der Waals surface area contributed by atoms with Crippen molar-refractivity contribution >= 4 is 54.8 Å². The van der Waals surface area contributed by atoms with Gasteiger partial charge in [-0.2, -0.15) is 0 Å². The van der Waals surface area contributed by atoms with Crippen molar-refractivity contribution in [3.8, 4) is 5.75 Å². The van der Waals surface area contributed by atoms with Crippen LogP contribution in [0.1, 0.15) is 5.56 Å². The third-order valence-corrected chi connectivity index (χ3v) is 7.46. The van der Waals surface area contributed by atoms with Crippen LogP contribution in [0.4, 0.5) is 11.4 Å². The molecule has 0 atom stereocenters. The molecule has 3 aromatic carbocycles. The van der Waals surface area contributed by atoms with Crippen LogP contribution in [0.2, 0.25) is 5.02 Å². The Bertz CT molecular complexity index is 1200. The van der Waals surface area contributed by atoms with Crippen molar-refractivity contribution in [2.24, 2.45) is 0 Å². The molecule has 0 radical (unpaired) electrons. The van der Waals surface area contributed by atoms with Crippen molar-refractivity contribution in [3.05, 3.63) is 81.8 Å². The maximum atomic E-state index is 13.5. The Balaban J connectivity index is 1.98. The molecule has 6 nitrogen and oxygen atoms in total. The number of benzene rings is 3. The first-order chi connectivity index (χ1) is 14.7. The summed E-state index contributed by atoms with van der Waals surface area (Å²) in [6.07, 6.45) is 0. The average Bonchev–Trinajstić information content (AvgIpc) is 2.75. The summed E-state index contributed by atoms with van der Waals surface area (Å²) in [7, 11) is -2.60. The van der Waals surface area contributed by atoms with Gasteiger partial charge in [0.15, 0.2) is 0 Å².